The minimum Gasteiger partial charge on any atom is -0.395 e. The number of piperidine rings is 1. The average molecular weight is 273 g/mol. The number of hydrogen-bond donors (Lipinski definition) is 4. The molecule has 5 nitrogen and oxygen atoms in total. The van der Waals surface area contributed by atoms with Gasteiger partial charge in [0.2, 0.25) is 0 Å². The second kappa shape index (κ2) is 6.16. The van der Waals surface area contributed by atoms with Crippen LogP contribution in [0.2, 0.25) is 0 Å². The lowest BCUT2D eigenvalue weighted by molar-refractivity contribution is -0.152. The number of rotatable bonds is 4. The summed E-state index contributed by atoms with van der Waals surface area (Å²) in [6, 6.07) is -0.850. The summed E-state index contributed by atoms with van der Waals surface area (Å²) in [6.45, 7) is -0.566. The molecule has 1 fully saturated rings. The normalized spacial score (nSPS) is 34.8. The molecule has 0 bridgehead atoms. The van der Waals surface area contributed by atoms with Crippen LogP contribution in [0.25, 0.3) is 0 Å². The molecule has 0 aromatic rings. The van der Waals surface area contributed by atoms with Gasteiger partial charge in [-0.2, -0.15) is 13.2 Å². The van der Waals surface area contributed by atoms with Gasteiger partial charge in [-0.1, -0.05) is 0 Å². The van der Waals surface area contributed by atoms with Gasteiger partial charge in [-0.15, -0.1) is 0 Å². The quantitative estimate of drug-likeness (QED) is 0.533. The van der Waals surface area contributed by atoms with Crippen molar-refractivity contribution < 1.29 is 33.6 Å². The minimum atomic E-state index is -4.25. The Morgan fingerprint density at radius 2 is 1.72 bits per heavy atom. The second-order valence-electron chi connectivity index (χ2n) is 4.51. The molecule has 1 heterocycles. The number of hydrogen-bond acceptors (Lipinski definition) is 5. The lowest BCUT2D eigenvalue weighted by Gasteiger charge is -2.43. The summed E-state index contributed by atoms with van der Waals surface area (Å²) in [7, 11) is 0. The highest BCUT2D eigenvalue weighted by atomic mass is 19.4. The van der Waals surface area contributed by atoms with Gasteiger partial charge in [-0.3, -0.25) is 4.90 Å². The van der Waals surface area contributed by atoms with E-state index in [2.05, 4.69) is 0 Å². The number of β-amino-alcohol motifs (C(OH)–C–C–N with tert-alkyl or cyclic N) is 1. The van der Waals surface area contributed by atoms with Gasteiger partial charge in [0.1, 0.15) is 12.2 Å². The monoisotopic (exact) mass is 273 g/mol. The molecule has 0 aliphatic carbocycles. The van der Waals surface area contributed by atoms with E-state index in [0.717, 1.165) is 0 Å². The van der Waals surface area contributed by atoms with Crippen molar-refractivity contribution >= 4 is 0 Å². The molecule has 108 valence electrons. The van der Waals surface area contributed by atoms with Gasteiger partial charge in [0.15, 0.2) is 0 Å². The maximum absolute atomic E-state index is 12.0. The predicted molar refractivity (Wildman–Crippen MR) is 55.8 cm³/mol. The molecule has 0 aromatic heterocycles. The Morgan fingerprint density at radius 3 is 2.22 bits per heavy atom. The molecular formula is C10H18F3NO4. The zero-order valence-electron chi connectivity index (χ0n) is 9.71. The number of aliphatic hydroxyl groups is 4. The van der Waals surface area contributed by atoms with Crippen LogP contribution in [0.1, 0.15) is 12.8 Å². The Hall–Kier alpha value is -0.410. The van der Waals surface area contributed by atoms with Gasteiger partial charge in [0.25, 0.3) is 0 Å². The Kier molecular flexibility index (Phi) is 5.35. The Balaban J connectivity index is 2.52. The number of alkyl halides is 3. The summed E-state index contributed by atoms with van der Waals surface area (Å²) in [4.78, 5) is 1.37. The average Bonchev–Trinajstić information content (AvgIpc) is 2.25. The van der Waals surface area contributed by atoms with Crippen molar-refractivity contribution in [3.63, 3.8) is 0 Å². The number of likely N-dealkylation sites (tertiary alicyclic amines) is 1. The number of aliphatic hydroxyl groups excluding tert-OH is 4. The van der Waals surface area contributed by atoms with Crippen LogP contribution in [-0.4, -0.2) is 75.6 Å². The van der Waals surface area contributed by atoms with Crippen LogP contribution in [0, 0.1) is 0 Å². The van der Waals surface area contributed by atoms with Crippen molar-refractivity contribution in [3.05, 3.63) is 0 Å². The topological polar surface area (TPSA) is 84.2 Å². The van der Waals surface area contributed by atoms with Crippen LogP contribution in [0.5, 0.6) is 0 Å². The predicted octanol–water partition coefficient (Wildman–Crippen LogP) is -0.912. The highest BCUT2D eigenvalue weighted by Crippen LogP contribution is 2.24. The maximum atomic E-state index is 12.0. The first kappa shape index (κ1) is 15.6. The van der Waals surface area contributed by atoms with Crippen molar-refractivity contribution in [3.8, 4) is 0 Å². The molecule has 0 spiro atoms. The third-order valence-electron chi connectivity index (χ3n) is 3.12. The van der Waals surface area contributed by atoms with Crippen molar-refractivity contribution in [1.29, 1.82) is 0 Å². The Bertz CT molecular complexity index is 264. The number of halogens is 3. The molecule has 1 aliphatic heterocycles. The van der Waals surface area contributed by atoms with E-state index in [1.807, 2.05) is 0 Å². The summed E-state index contributed by atoms with van der Waals surface area (Å²) < 4.78 is 36.0. The van der Waals surface area contributed by atoms with Crippen LogP contribution < -0.4 is 0 Å². The first-order valence-electron chi connectivity index (χ1n) is 5.72. The van der Waals surface area contributed by atoms with Crippen molar-refractivity contribution in [2.24, 2.45) is 0 Å². The van der Waals surface area contributed by atoms with Crippen LogP contribution in [0.3, 0.4) is 0 Å². The molecule has 0 saturated carbocycles. The van der Waals surface area contributed by atoms with Crippen molar-refractivity contribution in [1.82, 2.24) is 4.90 Å². The summed E-state index contributed by atoms with van der Waals surface area (Å²) in [5.41, 5.74) is 0. The van der Waals surface area contributed by atoms with Gasteiger partial charge < -0.3 is 20.4 Å². The molecule has 4 N–H and O–H groups in total. The lowest BCUT2D eigenvalue weighted by Crippen LogP contribution is -2.62. The van der Waals surface area contributed by atoms with Gasteiger partial charge >= 0.3 is 6.18 Å². The van der Waals surface area contributed by atoms with E-state index < -0.39 is 43.6 Å². The molecular weight excluding hydrogens is 255 g/mol. The summed E-state index contributed by atoms with van der Waals surface area (Å²) in [5, 5.41) is 37.5. The fraction of sp³-hybridized carbons (Fsp3) is 1.00. The maximum Gasteiger partial charge on any atom is 0.389 e. The molecule has 18 heavy (non-hydrogen) atoms. The highest BCUT2D eigenvalue weighted by Gasteiger charge is 2.41. The third-order valence-corrected chi connectivity index (χ3v) is 3.12. The summed E-state index contributed by atoms with van der Waals surface area (Å²) >= 11 is 0. The Labute approximate surface area is 102 Å². The van der Waals surface area contributed by atoms with E-state index in [4.69, 9.17) is 5.11 Å². The van der Waals surface area contributed by atoms with Crippen molar-refractivity contribution in [2.45, 2.75) is 43.4 Å². The van der Waals surface area contributed by atoms with E-state index in [-0.39, 0.29) is 19.5 Å². The zero-order valence-corrected chi connectivity index (χ0v) is 9.71. The van der Waals surface area contributed by atoms with Gasteiger partial charge in [0, 0.05) is 13.0 Å². The van der Waals surface area contributed by atoms with Crippen LogP contribution in [0.15, 0.2) is 0 Å². The molecule has 1 aliphatic rings. The molecule has 4 atom stereocenters. The highest BCUT2D eigenvalue weighted by molar-refractivity contribution is 4.94. The lowest BCUT2D eigenvalue weighted by atomic mass is 9.94. The van der Waals surface area contributed by atoms with Gasteiger partial charge in [0.05, 0.1) is 18.8 Å². The summed E-state index contributed by atoms with van der Waals surface area (Å²) in [5.74, 6) is 0. The minimum absolute atomic E-state index is 0.00836. The third kappa shape index (κ3) is 4.06. The van der Waals surface area contributed by atoms with Crippen LogP contribution in [-0.2, 0) is 0 Å². The van der Waals surface area contributed by atoms with Gasteiger partial charge in [-0.25, -0.2) is 0 Å². The van der Waals surface area contributed by atoms with Crippen LogP contribution >= 0.6 is 0 Å². The molecule has 1 rings (SSSR count). The molecule has 8 heteroatoms. The fourth-order valence-electron chi connectivity index (χ4n) is 2.12. The SMILES string of the molecule is OC[C@@H]1[C@@H](O)[C@H](O)[C@@H](O)CN1CCCC(F)(F)F. The first-order valence-corrected chi connectivity index (χ1v) is 5.72. The van der Waals surface area contributed by atoms with E-state index in [9.17, 15) is 28.5 Å². The summed E-state index contributed by atoms with van der Waals surface area (Å²) in [6.07, 6.45) is -9.38. The van der Waals surface area contributed by atoms with Crippen LogP contribution in [0.4, 0.5) is 13.2 Å². The van der Waals surface area contributed by atoms with E-state index in [1.54, 1.807) is 0 Å². The van der Waals surface area contributed by atoms with Crippen molar-refractivity contribution in [2.75, 3.05) is 19.7 Å². The fourth-order valence-corrected chi connectivity index (χ4v) is 2.12. The molecule has 0 aromatic carbocycles. The number of nitrogens with zero attached hydrogens (tertiary/aromatic N) is 1. The molecule has 0 amide bonds. The standard InChI is InChI=1S/C10H18F3NO4/c11-10(12,13)2-1-3-14-4-7(16)9(18)8(17)6(14)5-15/h6-9,15-18H,1-5H2/t6-,7+,8-,9-/m1/s1. The Morgan fingerprint density at radius 1 is 1.11 bits per heavy atom. The smallest absolute Gasteiger partial charge is 0.389 e. The molecule has 1 saturated heterocycles. The van der Waals surface area contributed by atoms with E-state index in [1.165, 1.54) is 4.90 Å². The van der Waals surface area contributed by atoms with Gasteiger partial charge in [-0.05, 0) is 13.0 Å². The molecule has 0 radical (unpaired) electrons. The largest absolute Gasteiger partial charge is 0.395 e. The second-order valence-corrected chi connectivity index (χ2v) is 4.51. The first-order chi connectivity index (χ1) is 8.26. The zero-order chi connectivity index (χ0) is 13.9. The van der Waals surface area contributed by atoms with E-state index >= 15 is 0 Å². The molecule has 0 unspecified atom stereocenters. The van der Waals surface area contributed by atoms with E-state index in [0.29, 0.717) is 0 Å².